The third-order valence-corrected chi connectivity index (χ3v) is 2.78. The zero-order valence-corrected chi connectivity index (χ0v) is 10.3. The van der Waals surface area contributed by atoms with Gasteiger partial charge >= 0.3 is 0 Å². The van der Waals surface area contributed by atoms with Crippen molar-refractivity contribution in [2.75, 3.05) is 18.9 Å². The lowest BCUT2D eigenvalue weighted by atomic mass is 10.1. The molecule has 1 aromatic carbocycles. The number of hydrogen-bond acceptors (Lipinski definition) is 6. The maximum Gasteiger partial charge on any atom is 0.293 e. The first kappa shape index (κ1) is 11.6. The third-order valence-electron chi connectivity index (χ3n) is 2.78. The van der Waals surface area contributed by atoms with Crippen LogP contribution in [0.4, 0.5) is 6.01 Å². The van der Waals surface area contributed by atoms with Crippen molar-refractivity contribution < 1.29 is 18.7 Å². The van der Waals surface area contributed by atoms with Crippen LogP contribution in [0.5, 0.6) is 11.5 Å². The molecule has 0 amide bonds. The number of nitrogens with zero attached hydrogens (tertiary/aromatic N) is 1. The van der Waals surface area contributed by atoms with Gasteiger partial charge in [0, 0.05) is 12.5 Å². The summed E-state index contributed by atoms with van der Waals surface area (Å²) >= 11 is 0. The lowest BCUT2D eigenvalue weighted by Gasteiger charge is -2.18. The fourth-order valence-corrected chi connectivity index (χ4v) is 1.96. The van der Waals surface area contributed by atoms with Crippen LogP contribution in [-0.2, 0) is 0 Å². The number of fused-ring (bicyclic) bond motifs is 1. The highest BCUT2D eigenvalue weighted by atomic mass is 16.6. The molecule has 0 saturated carbocycles. The zero-order valence-electron chi connectivity index (χ0n) is 10.3. The maximum absolute atomic E-state index is 11.5. The second-order valence-corrected chi connectivity index (χ2v) is 4.14. The zero-order chi connectivity index (χ0) is 13.4. The summed E-state index contributed by atoms with van der Waals surface area (Å²) in [4.78, 5) is 15.5. The van der Waals surface area contributed by atoms with Crippen LogP contribution in [0.15, 0.2) is 22.6 Å². The molecule has 2 heterocycles. The van der Waals surface area contributed by atoms with Gasteiger partial charge in [0.25, 0.3) is 6.01 Å². The van der Waals surface area contributed by atoms with Gasteiger partial charge in [0.2, 0.25) is 0 Å². The first-order valence-corrected chi connectivity index (χ1v) is 5.82. The van der Waals surface area contributed by atoms with Crippen LogP contribution < -0.4 is 15.2 Å². The van der Waals surface area contributed by atoms with E-state index in [9.17, 15) is 4.79 Å². The molecule has 0 bridgehead atoms. The number of carbonyl (C=O) groups excluding carboxylic acids is 1. The SMILES string of the molecule is CC(=O)c1oc(N)nc1-c1ccc2c(c1)OCCO2. The first-order chi connectivity index (χ1) is 9.15. The van der Waals surface area contributed by atoms with E-state index in [4.69, 9.17) is 19.6 Å². The van der Waals surface area contributed by atoms with E-state index < -0.39 is 0 Å². The summed E-state index contributed by atoms with van der Waals surface area (Å²) in [6.07, 6.45) is 0. The van der Waals surface area contributed by atoms with Crippen molar-refractivity contribution in [3.63, 3.8) is 0 Å². The van der Waals surface area contributed by atoms with E-state index in [0.717, 1.165) is 0 Å². The second kappa shape index (κ2) is 4.31. The van der Waals surface area contributed by atoms with Gasteiger partial charge in [0.05, 0.1) is 0 Å². The summed E-state index contributed by atoms with van der Waals surface area (Å²) < 4.78 is 16.0. The summed E-state index contributed by atoms with van der Waals surface area (Å²) in [6.45, 7) is 2.43. The molecule has 0 radical (unpaired) electrons. The minimum Gasteiger partial charge on any atom is -0.486 e. The Bertz CT molecular complexity index is 648. The number of Topliss-reactive ketones (excluding diaryl/α,β-unsaturated/α-hetero) is 1. The van der Waals surface area contributed by atoms with E-state index in [0.29, 0.717) is 36.0 Å². The van der Waals surface area contributed by atoms with Crippen LogP contribution in [0.1, 0.15) is 17.5 Å². The number of rotatable bonds is 2. The maximum atomic E-state index is 11.5. The molecular formula is C13H12N2O4. The monoisotopic (exact) mass is 260 g/mol. The molecule has 0 aliphatic carbocycles. The van der Waals surface area contributed by atoms with Crippen molar-refractivity contribution in [3.05, 3.63) is 24.0 Å². The van der Waals surface area contributed by atoms with Crippen LogP contribution in [0, 0.1) is 0 Å². The smallest absolute Gasteiger partial charge is 0.293 e. The Labute approximate surface area is 109 Å². The fraction of sp³-hybridized carbons (Fsp3) is 0.231. The molecule has 3 rings (SSSR count). The van der Waals surface area contributed by atoms with Crippen LogP contribution >= 0.6 is 0 Å². The van der Waals surface area contributed by atoms with Crippen LogP contribution in [0.3, 0.4) is 0 Å². The molecule has 1 aliphatic rings. The number of ketones is 1. The second-order valence-electron chi connectivity index (χ2n) is 4.14. The van der Waals surface area contributed by atoms with Gasteiger partial charge in [-0.3, -0.25) is 4.79 Å². The Morgan fingerprint density at radius 2 is 2.00 bits per heavy atom. The molecule has 2 aromatic rings. The van der Waals surface area contributed by atoms with E-state index in [-0.39, 0.29) is 17.6 Å². The summed E-state index contributed by atoms with van der Waals surface area (Å²) in [7, 11) is 0. The normalized spacial score (nSPS) is 13.3. The molecule has 0 spiro atoms. The van der Waals surface area contributed by atoms with Crippen LogP contribution in [0.2, 0.25) is 0 Å². The lowest BCUT2D eigenvalue weighted by molar-refractivity contribution is 0.0989. The molecule has 19 heavy (non-hydrogen) atoms. The number of carbonyl (C=O) groups is 1. The van der Waals surface area contributed by atoms with Gasteiger partial charge in [0.1, 0.15) is 18.9 Å². The number of nitrogen functional groups attached to an aromatic ring is 1. The molecule has 1 aliphatic heterocycles. The molecule has 0 unspecified atom stereocenters. The number of nitrogens with two attached hydrogens (primary N) is 1. The number of benzene rings is 1. The van der Waals surface area contributed by atoms with E-state index in [1.165, 1.54) is 6.92 Å². The van der Waals surface area contributed by atoms with E-state index >= 15 is 0 Å². The van der Waals surface area contributed by atoms with Crippen molar-refractivity contribution in [2.45, 2.75) is 6.92 Å². The number of anilines is 1. The highest BCUT2D eigenvalue weighted by Gasteiger charge is 2.20. The van der Waals surface area contributed by atoms with Crippen LogP contribution in [-0.4, -0.2) is 24.0 Å². The first-order valence-electron chi connectivity index (χ1n) is 5.82. The Morgan fingerprint density at radius 3 is 2.74 bits per heavy atom. The predicted octanol–water partition coefficient (Wildman–Crippen LogP) is 1.90. The van der Waals surface area contributed by atoms with Crippen molar-refractivity contribution in [1.82, 2.24) is 4.98 Å². The van der Waals surface area contributed by atoms with Crippen molar-refractivity contribution >= 4 is 11.8 Å². The Morgan fingerprint density at radius 1 is 1.26 bits per heavy atom. The highest BCUT2D eigenvalue weighted by molar-refractivity contribution is 5.97. The predicted molar refractivity (Wildman–Crippen MR) is 67.3 cm³/mol. The Balaban J connectivity index is 2.09. The largest absolute Gasteiger partial charge is 0.486 e. The van der Waals surface area contributed by atoms with Gasteiger partial charge in [-0.05, 0) is 18.2 Å². The molecule has 98 valence electrons. The minimum atomic E-state index is -0.228. The lowest BCUT2D eigenvalue weighted by Crippen LogP contribution is -2.15. The van der Waals surface area contributed by atoms with Gasteiger partial charge in [-0.15, -0.1) is 0 Å². The van der Waals surface area contributed by atoms with Crippen molar-refractivity contribution in [1.29, 1.82) is 0 Å². The fourth-order valence-electron chi connectivity index (χ4n) is 1.96. The highest BCUT2D eigenvalue weighted by Crippen LogP contribution is 2.35. The van der Waals surface area contributed by atoms with Gasteiger partial charge < -0.3 is 19.6 Å². The Hall–Kier alpha value is -2.50. The standard InChI is InChI=1S/C13H12N2O4/c1-7(16)12-11(15-13(14)19-12)8-2-3-9-10(6-8)18-5-4-17-9/h2-3,6H,4-5H2,1H3,(H2,14,15). The van der Waals surface area contributed by atoms with Crippen molar-refractivity contribution in [2.24, 2.45) is 0 Å². The van der Waals surface area contributed by atoms with Crippen LogP contribution in [0.25, 0.3) is 11.3 Å². The minimum absolute atomic E-state index is 0.0323. The summed E-state index contributed by atoms with van der Waals surface area (Å²) in [5.41, 5.74) is 6.63. The molecule has 0 saturated heterocycles. The quantitative estimate of drug-likeness (QED) is 0.830. The number of aromatic nitrogens is 1. The number of oxazole rings is 1. The topological polar surface area (TPSA) is 87.6 Å². The van der Waals surface area contributed by atoms with Gasteiger partial charge in [-0.2, -0.15) is 4.98 Å². The van der Waals surface area contributed by atoms with Gasteiger partial charge in [0.15, 0.2) is 23.0 Å². The molecule has 6 nitrogen and oxygen atoms in total. The molecule has 0 fully saturated rings. The van der Waals surface area contributed by atoms with Gasteiger partial charge in [-0.1, -0.05) is 0 Å². The average Bonchev–Trinajstić information content (AvgIpc) is 2.80. The summed E-state index contributed by atoms with van der Waals surface area (Å²) in [6, 6.07) is 5.30. The van der Waals surface area contributed by atoms with Crippen molar-refractivity contribution in [3.8, 4) is 22.8 Å². The van der Waals surface area contributed by atoms with E-state index in [2.05, 4.69) is 4.98 Å². The molecular weight excluding hydrogens is 248 g/mol. The average molecular weight is 260 g/mol. The van der Waals surface area contributed by atoms with Gasteiger partial charge in [-0.25, -0.2) is 0 Å². The third kappa shape index (κ3) is 2.01. The molecule has 2 N–H and O–H groups in total. The molecule has 0 atom stereocenters. The Kier molecular flexibility index (Phi) is 2.63. The molecule has 1 aromatic heterocycles. The van der Waals surface area contributed by atoms with E-state index in [1.54, 1.807) is 18.2 Å². The number of ether oxygens (including phenoxy) is 2. The van der Waals surface area contributed by atoms with E-state index in [1.807, 2.05) is 0 Å². The summed E-state index contributed by atoms with van der Waals surface area (Å²) in [5.74, 6) is 1.22. The number of hydrogen-bond donors (Lipinski definition) is 1. The molecule has 6 heteroatoms. The summed E-state index contributed by atoms with van der Waals surface area (Å²) in [5, 5.41) is 0.